The molecule has 0 aliphatic carbocycles. The Hall–Kier alpha value is -2.43. The van der Waals surface area contributed by atoms with Gasteiger partial charge in [-0.3, -0.25) is 9.78 Å². The van der Waals surface area contributed by atoms with Crippen molar-refractivity contribution >= 4 is 17.3 Å². The van der Waals surface area contributed by atoms with Gasteiger partial charge in [-0.25, -0.2) is 4.39 Å². The van der Waals surface area contributed by atoms with Crippen LogP contribution in [0, 0.1) is 12.7 Å². The Morgan fingerprint density at radius 2 is 2.11 bits per heavy atom. The first-order chi connectivity index (χ1) is 8.56. The Kier molecular flexibility index (Phi) is 3.23. The molecule has 0 aliphatic heterocycles. The highest BCUT2D eigenvalue weighted by atomic mass is 19.1. The number of pyridine rings is 1. The van der Waals surface area contributed by atoms with Gasteiger partial charge in [0.2, 0.25) is 0 Å². The van der Waals surface area contributed by atoms with Crippen molar-refractivity contribution in [3.8, 4) is 0 Å². The smallest absolute Gasteiger partial charge is 0.256 e. The number of hydrogen-bond donors (Lipinski definition) is 2. The Labute approximate surface area is 104 Å². The zero-order valence-electron chi connectivity index (χ0n) is 9.77. The van der Waals surface area contributed by atoms with E-state index in [2.05, 4.69) is 10.3 Å². The molecule has 1 aromatic carbocycles. The molecule has 0 bridgehead atoms. The van der Waals surface area contributed by atoms with E-state index in [1.807, 2.05) is 0 Å². The fourth-order valence-corrected chi connectivity index (χ4v) is 1.56. The van der Waals surface area contributed by atoms with Gasteiger partial charge in [0, 0.05) is 17.3 Å². The van der Waals surface area contributed by atoms with Gasteiger partial charge in [-0.1, -0.05) is 6.07 Å². The quantitative estimate of drug-likeness (QED) is 0.798. The molecule has 4 nitrogen and oxygen atoms in total. The molecule has 0 unspecified atom stereocenters. The molecule has 0 saturated carbocycles. The summed E-state index contributed by atoms with van der Waals surface area (Å²) >= 11 is 0. The van der Waals surface area contributed by atoms with Crippen LogP contribution in [-0.2, 0) is 0 Å². The van der Waals surface area contributed by atoms with Crippen LogP contribution >= 0.6 is 0 Å². The zero-order chi connectivity index (χ0) is 13.1. The first kappa shape index (κ1) is 12.0. The summed E-state index contributed by atoms with van der Waals surface area (Å²) in [7, 11) is 0. The van der Waals surface area contributed by atoms with E-state index in [1.54, 1.807) is 25.1 Å². The molecule has 1 heterocycles. The lowest BCUT2D eigenvalue weighted by atomic mass is 10.1. The van der Waals surface area contributed by atoms with Crippen LogP contribution in [0.5, 0.6) is 0 Å². The number of benzene rings is 1. The van der Waals surface area contributed by atoms with Crippen LogP contribution in [0.2, 0.25) is 0 Å². The van der Waals surface area contributed by atoms with Crippen molar-refractivity contribution in [1.29, 1.82) is 0 Å². The Balaban J connectivity index is 2.24. The summed E-state index contributed by atoms with van der Waals surface area (Å²) < 4.78 is 12.9. The maximum atomic E-state index is 12.9. The summed E-state index contributed by atoms with van der Waals surface area (Å²) in [6.45, 7) is 1.80. The largest absolute Gasteiger partial charge is 0.399 e. The molecule has 2 rings (SSSR count). The Morgan fingerprint density at radius 1 is 1.33 bits per heavy atom. The number of aryl methyl sites for hydroxylation is 1. The van der Waals surface area contributed by atoms with Crippen molar-refractivity contribution in [2.75, 3.05) is 11.1 Å². The van der Waals surface area contributed by atoms with Crippen LogP contribution < -0.4 is 11.1 Å². The molecular weight excluding hydrogens is 233 g/mol. The predicted molar refractivity (Wildman–Crippen MR) is 67.7 cm³/mol. The maximum Gasteiger partial charge on any atom is 0.256 e. The number of amides is 1. The number of nitrogens with zero attached hydrogens (tertiary/aromatic N) is 1. The van der Waals surface area contributed by atoms with Crippen molar-refractivity contribution in [2.45, 2.75) is 6.92 Å². The number of nitrogens with one attached hydrogen (secondary N) is 1. The highest BCUT2D eigenvalue weighted by Gasteiger charge is 2.10. The summed E-state index contributed by atoms with van der Waals surface area (Å²) in [6.07, 6.45) is 2.45. The second-order valence-electron chi connectivity index (χ2n) is 3.92. The van der Waals surface area contributed by atoms with Gasteiger partial charge in [-0.15, -0.1) is 0 Å². The number of carbonyl (C=O) groups is 1. The van der Waals surface area contributed by atoms with Gasteiger partial charge in [0.1, 0.15) is 5.82 Å². The minimum atomic E-state index is -0.503. The number of carbonyl (C=O) groups excluding carboxylic acids is 1. The Bertz CT molecular complexity index is 599. The summed E-state index contributed by atoms with van der Waals surface area (Å²) in [5.41, 5.74) is 7.70. The standard InChI is InChI=1S/C13H12FN3O/c1-8-2-3-10(15)5-12(8)13(18)17-11-4-9(14)6-16-7-11/h2-7H,15H2,1H3,(H,17,18). The molecular formula is C13H12FN3O. The predicted octanol–water partition coefficient (Wildman–Crippen LogP) is 2.36. The average Bonchev–Trinajstić information content (AvgIpc) is 2.32. The minimum absolute atomic E-state index is 0.307. The Morgan fingerprint density at radius 3 is 2.83 bits per heavy atom. The van der Waals surface area contributed by atoms with Gasteiger partial charge in [0.15, 0.2) is 0 Å². The van der Waals surface area contributed by atoms with Crippen molar-refractivity contribution in [3.05, 3.63) is 53.6 Å². The van der Waals surface area contributed by atoms with E-state index in [9.17, 15) is 9.18 Å². The van der Waals surface area contributed by atoms with Crippen LogP contribution in [0.15, 0.2) is 36.7 Å². The molecule has 0 radical (unpaired) electrons. The summed E-state index contributed by atoms with van der Waals surface area (Å²) in [4.78, 5) is 15.6. The molecule has 5 heteroatoms. The molecule has 3 N–H and O–H groups in total. The van der Waals surface area contributed by atoms with Crippen molar-refractivity contribution in [3.63, 3.8) is 0 Å². The number of halogens is 1. The monoisotopic (exact) mass is 245 g/mol. The average molecular weight is 245 g/mol. The second-order valence-corrected chi connectivity index (χ2v) is 3.92. The first-order valence-corrected chi connectivity index (χ1v) is 5.34. The number of nitrogens with two attached hydrogens (primary N) is 1. The van der Waals surface area contributed by atoms with E-state index in [0.717, 1.165) is 11.8 Å². The SMILES string of the molecule is Cc1ccc(N)cc1C(=O)Nc1cncc(F)c1. The van der Waals surface area contributed by atoms with Crippen molar-refractivity contribution in [2.24, 2.45) is 0 Å². The van der Waals surface area contributed by atoms with Crippen LogP contribution in [0.3, 0.4) is 0 Å². The molecule has 0 saturated heterocycles. The minimum Gasteiger partial charge on any atom is -0.399 e. The van der Waals surface area contributed by atoms with Gasteiger partial charge in [0.25, 0.3) is 5.91 Å². The zero-order valence-corrected chi connectivity index (χ0v) is 9.77. The fourth-order valence-electron chi connectivity index (χ4n) is 1.56. The molecule has 1 aromatic heterocycles. The van der Waals surface area contributed by atoms with E-state index in [4.69, 9.17) is 5.73 Å². The topological polar surface area (TPSA) is 68.0 Å². The summed E-state index contributed by atoms with van der Waals surface area (Å²) in [5.74, 6) is -0.843. The number of aromatic nitrogens is 1. The van der Waals surface area contributed by atoms with Crippen LogP contribution in [0.4, 0.5) is 15.8 Å². The van der Waals surface area contributed by atoms with Crippen LogP contribution in [0.25, 0.3) is 0 Å². The number of hydrogen-bond acceptors (Lipinski definition) is 3. The lowest BCUT2D eigenvalue weighted by Gasteiger charge is -2.08. The van der Waals surface area contributed by atoms with E-state index >= 15 is 0 Å². The lowest BCUT2D eigenvalue weighted by Crippen LogP contribution is -2.14. The van der Waals surface area contributed by atoms with E-state index in [-0.39, 0.29) is 5.91 Å². The third kappa shape index (κ3) is 2.63. The van der Waals surface area contributed by atoms with Gasteiger partial charge in [-0.05, 0) is 24.6 Å². The van der Waals surface area contributed by atoms with Crippen molar-refractivity contribution in [1.82, 2.24) is 4.98 Å². The number of nitrogen functional groups attached to an aromatic ring is 1. The molecule has 0 aliphatic rings. The third-order valence-electron chi connectivity index (χ3n) is 2.47. The fraction of sp³-hybridized carbons (Fsp3) is 0.0769. The van der Waals surface area contributed by atoms with Gasteiger partial charge < -0.3 is 11.1 Å². The third-order valence-corrected chi connectivity index (χ3v) is 2.47. The maximum absolute atomic E-state index is 12.9. The van der Waals surface area contributed by atoms with Crippen LogP contribution in [0.1, 0.15) is 15.9 Å². The van der Waals surface area contributed by atoms with E-state index in [1.165, 1.54) is 12.3 Å². The molecule has 1 amide bonds. The molecule has 18 heavy (non-hydrogen) atoms. The molecule has 0 fully saturated rings. The molecule has 0 spiro atoms. The normalized spacial score (nSPS) is 10.1. The highest BCUT2D eigenvalue weighted by Crippen LogP contribution is 2.15. The van der Waals surface area contributed by atoms with Crippen LogP contribution in [-0.4, -0.2) is 10.9 Å². The molecule has 0 atom stereocenters. The van der Waals surface area contributed by atoms with Gasteiger partial charge in [0.05, 0.1) is 18.1 Å². The molecule has 92 valence electrons. The van der Waals surface area contributed by atoms with Gasteiger partial charge in [-0.2, -0.15) is 0 Å². The van der Waals surface area contributed by atoms with Crippen molar-refractivity contribution < 1.29 is 9.18 Å². The van der Waals surface area contributed by atoms with E-state index < -0.39 is 5.82 Å². The summed E-state index contributed by atoms with van der Waals surface area (Å²) in [5, 5.41) is 2.57. The number of rotatable bonds is 2. The second kappa shape index (κ2) is 4.83. The lowest BCUT2D eigenvalue weighted by molar-refractivity contribution is 0.102. The van der Waals surface area contributed by atoms with E-state index in [0.29, 0.717) is 16.9 Å². The highest BCUT2D eigenvalue weighted by molar-refractivity contribution is 6.05. The molecule has 2 aromatic rings. The number of anilines is 2. The summed E-state index contributed by atoms with van der Waals surface area (Å²) in [6, 6.07) is 6.26. The van der Waals surface area contributed by atoms with Gasteiger partial charge >= 0.3 is 0 Å². The first-order valence-electron chi connectivity index (χ1n) is 5.34.